The van der Waals surface area contributed by atoms with E-state index in [-0.39, 0.29) is 12.3 Å². The summed E-state index contributed by atoms with van der Waals surface area (Å²) in [5.74, 6) is 0.740. The molecule has 1 N–H and O–H groups in total. The van der Waals surface area contributed by atoms with E-state index in [1.165, 1.54) is 32.1 Å². The smallest absolute Gasteiger partial charge is 0.303 e. The predicted molar refractivity (Wildman–Crippen MR) is 78.9 cm³/mol. The maximum atomic E-state index is 10.9. The van der Waals surface area contributed by atoms with Crippen molar-refractivity contribution in [2.45, 2.75) is 77.2 Å². The van der Waals surface area contributed by atoms with Crippen LogP contribution < -0.4 is 0 Å². The third-order valence-corrected chi connectivity index (χ3v) is 4.50. The van der Waals surface area contributed by atoms with E-state index in [0.717, 1.165) is 25.1 Å². The Hall–Kier alpha value is -1.46. The van der Waals surface area contributed by atoms with E-state index in [9.17, 15) is 4.79 Å². The molecule has 21 heavy (non-hydrogen) atoms. The van der Waals surface area contributed by atoms with Crippen LogP contribution in [0.2, 0.25) is 0 Å². The molecule has 0 radical (unpaired) electrons. The first kappa shape index (κ1) is 15.9. The number of aromatic nitrogens is 4. The molecule has 1 fully saturated rings. The Morgan fingerprint density at radius 2 is 1.95 bits per heavy atom. The highest BCUT2D eigenvalue weighted by Crippen LogP contribution is 2.29. The molecular weight excluding hydrogens is 268 g/mol. The zero-order chi connectivity index (χ0) is 15.1. The van der Waals surface area contributed by atoms with Crippen LogP contribution in [-0.2, 0) is 11.3 Å². The van der Waals surface area contributed by atoms with Crippen molar-refractivity contribution in [3.05, 3.63) is 5.82 Å². The third kappa shape index (κ3) is 4.79. The lowest BCUT2D eigenvalue weighted by Gasteiger charge is -2.20. The normalized spacial score (nSPS) is 18.9. The van der Waals surface area contributed by atoms with Crippen molar-refractivity contribution >= 4 is 5.97 Å². The second-order valence-electron chi connectivity index (χ2n) is 6.13. The summed E-state index contributed by atoms with van der Waals surface area (Å²) in [6, 6.07) is 0. The van der Waals surface area contributed by atoms with Crippen molar-refractivity contribution in [1.29, 1.82) is 0 Å². The molecule has 1 aliphatic carbocycles. The van der Waals surface area contributed by atoms with Crippen molar-refractivity contribution in [3.63, 3.8) is 0 Å². The highest BCUT2D eigenvalue weighted by Gasteiger charge is 2.22. The summed E-state index contributed by atoms with van der Waals surface area (Å²) in [5.41, 5.74) is 0. The van der Waals surface area contributed by atoms with Crippen LogP contribution in [0.4, 0.5) is 0 Å². The zero-order valence-electron chi connectivity index (χ0n) is 12.9. The number of carbonyl (C=O) groups is 1. The first-order chi connectivity index (χ1) is 10.2. The van der Waals surface area contributed by atoms with E-state index in [1.54, 1.807) is 0 Å². The molecule has 1 aromatic heterocycles. The van der Waals surface area contributed by atoms with Gasteiger partial charge < -0.3 is 5.11 Å². The molecule has 0 bridgehead atoms. The lowest BCUT2D eigenvalue weighted by atomic mass is 9.90. The fourth-order valence-corrected chi connectivity index (χ4v) is 3.18. The highest BCUT2D eigenvalue weighted by atomic mass is 16.4. The van der Waals surface area contributed by atoms with Gasteiger partial charge in [-0.3, -0.25) is 4.79 Å². The number of carboxylic acids is 1. The van der Waals surface area contributed by atoms with Gasteiger partial charge in [-0.15, -0.1) is 5.10 Å². The van der Waals surface area contributed by atoms with Gasteiger partial charge in [0.15, 0.2) is 5.82 Å². The molecule has 1 heterocycles. The van der Waals surface area contributed by atoms with Crippen LogP contribution in [0.5, 0.6) is 0 Å². The van der Waals surface area contributed by atoms with E-state index >= 15 is 0 Å². The SMILES string of the molecule is CCC(CC(=O)O)Cn1nnnc1C1CCCCCCC1. The van der Waals surface area contributed by atoms with Crippen molar-refractivity contribution in [2.75, 3.05) is 0 Å². The zero-order valence-corrected chi connectivity index (χ0v) is 12.9. The molecule has 0 saturated heterocycles. The monoisotopic (exact) mass is 294 g/mol. The van der Waals surface area contributed by atoms with Crippen LogP contribution in [-0.4, -0.2) is 31.3 Å². The van der Waals surface area contributed by atoms with Crippen molar-refractivity contribution in [1.82, 2.24) is 20.2 Å². The molecule has 0 aromatic carbocycles. The van der Waals surface area contributed by atoms with E-state index in [4.69, 9.17) is 5.11 Å². The molecule has 6 heteroatoms. The maximum absolute atomic E-state index is 10.9. The molecule has 1 aromatic rings. The summed E-state index contributed by atoms with van der Waals surface area (Å²) in [7, 11) is 0. The molecule has 118 valence electrons. The molecule has 1 atom stereocenters. The van der Waals surface area contributed by atoms with Gasteiger partial charge in [-0.25, -0.2) is 4.68 Å². The maximum Gasteiger partial charge on any atom is 0.303 e. The average Bonchev–Trinajstić information content (AvgIpc) is 2.85. The molecule has 1 unspecified atom stereocenters. The minimum absolute atomic E-state index is 0.0957. The number of hydrogen-bond donors (Lipinski definition) is 1. The molecule has 1 aliphatic rings. The summed E-state index contributed by atoms with van der Waals surface area (Å²) in [4.78, 5) is 10.9. The fourth-order valence-electron chi connectivity index (χ4n) is 3.18. The standard InChI is InChI=1S/C15H26N4O2/c1-2-12(10-14(20)21)11-19-15(16-17-18-19)13-8-6-4-3-5-7-9-13/h12-13H,2-11H2,1H3,(H,20,21). The Labute approximate surface area is 125 Å². The van der Waals surface area contributed by atoms with Crippen LogP contribution in [0.15, 0.2) is 0 Å². The van der Waals surface area contributed by atoms with Crippen molar-refractivity contribution in [2.24, 2.45) is 5.92 Å². The molecule has 1 saturated carbocycles. The molecule has 0 aliphatic heterocycles. The predicted octanol–water partition coefficient (Wildman–Crippen LogP) is 3.00. The van der Waals surface area contributed by atoms with Gasteiger partial charge in [0.05, 0.1) is 0 Å². The van der Waals surface area contributed by atoms with Crippen LogP contribution in [0.1, 0.15) is 76.5 Å². The topological polar surface area (TPSA) is 80.9 Å². The van der Waals surface area contributed by atoms with Gasteiger partial charge >= 0.3 is 5.97 Å². The summed E-state index contributed by atoms with van der Waals surface area (Å²) >= 11 is 0. The number of carboxylic acid groups (broad SMARTS) is 1. The minimum atomic E-state index is -0.748. The lowest BCUT2D eigenvalue weighted by molar-refractivity contribution is -0.138. The number of rotatable bonds is 6. The summed E-state index contributed by atoms with van der Waals surface area (Å²) in [5, 5.41) is 21.1. The van der Waals surface area contributed by atoms with Crippen molar-refractivity contribution < 1.29 is 9.90 Å². The van der Waals surface area contributed by atoms with Gasteiger partial charge in [-0.1, -0.05) is 45.4 Å². The number of tetrazole rings is 1. The molecule has 2 rings (SSSR count). The van der Waals surface area contributed by atoms with Crippen LogP contribution in [0.3, 0.4) is 0 Å². The Bertz CT molecular complexity index is 439. The number of hydrogen-bond acceptors (Lipinski definition) is 4. The number of aliphatic carboxylic acids is 1. The van der Waals surface area contributed by atoms with Gasteiger partial charge in [0, 0.05) is 18.9 Å². The van der Waals surface area contributed by atoms with E-state index in [2.05, 4.69) is 15.5 Å². The second-order valence-corrected chi connectivity index (χ2v) is 6.13. The summed E-state index contributed by atoms with van der Waals surface area (Å²) in [6.07, 6.45) is 9.73. The molecular formula is C15H26N4O2. The quantitative estimate of drug-likeness (QED) is 0.872. The van der Waals surface area contributed by atoms with Crippen molar-refractivity contribution in [3.8, 4) is 0 Å². The second kappa shape index (κ2) is 8.10. The van der Waals surface area contributed by atoms with Gasteiger partial charge in [0.2, 0.25) is 0 Å². The Kier molecular flexibility index (Phi) is 6.14. The average molecular weight is 294 g/mol. The first-order valence-electron chi connectivity index (χ1n) is 8.18. The fraction of sp³-hybridized carbons (Fsp3) is 0.867. The lowest BCUT2D eigenvalue weighted by Crippen LogP contribution is -2.19. The Morgan fingerprint density at radius 3 is 2.57 bits per heavy atom. The van der Waals surface area contributed by atoms with E-state index in [0.29, 0.717) is 12.5 Å². The van der Waals surface area contributed by atoms with Crippen LogP contribution in [0, 0.1) is 5.92 Å². The molecule has 0 spiro atoms. The van der Waals surface area contributed by atoms with Gasteiger partial charge in [0.25, 0.3) is 0 Å². The van der Waals surface area contributed by atoms with Gasteiger partial charge in [-0.2, -0.15) is 0 Å². The highest BCUT2D eigenvalue weighted by molar-refractivity contribution is 5.66. The molecule has 6 nitrogen and oxygen atoms in total. The summed E-state index contributed by atoms with van der Waals surface area (Å²) in [6.45, 7) is 2.63. The number of nitrogens with zero attached hydrogens (tertiary/aromatic N) is 4. The van der Waals surface area contributed by atoms with E-state index < -0.39 is 5.97 Å². The largest absolute Gasteiger partial charge is 0.481 e. The van der Waals surface area contributed by atoms with E-state index in [1.807, 2.05) is 11.6 Å². The summed E-state index contributed by atoms with van der Waals surface area (Å²) < 4.78 is 1.85. The van der Waals surface area contributed by atoms with Crippen LogP contribution in [0.25, 0.3) is 0 Å². The van der Waals surface area contributed by atoms with Crippen LogP contribution >= 0.6 is 0 Å². The third-order valence-electron chi connectivity index (χ3n) is 4.50. The van der Waals surface area contributed by atoms with Gasteiger partial charge in [-0.05, 0) is 29.2 Å². The molecule has 0 amide bonds. The van der Waals surface area contributed by atoms with Gasteiger partial charge in [0.1, 0.15) is 0 Å². The first-order valence-corrected chi connectivity index (χ1v) is 8.18. The Morgan fingerprint density at radius 1 is 1.29 bits per heavy atom. The minimum Gasteiger partial charge on any atom is -0.481 e. The Balaban J connectivity index is 2.03.